The highest BCUT2D eigenvalue weighted by Crippen LogP contribution is 2.14. The summed E-state index contributed by atoms with van der Waals surface area (Å²) >= 11 is 0. The average Bonchev–Trinajstić information content (AvgIpc) is 2.30. The van der Waals surface area contributed by atoms with Crippen LogP contribution in [0.4, 0.5) is 5.69 Å². The number of rotatable bonds is 5. The lowest BCUT2D eigenvalue weighted by atomic mass is 10.2. The van der Waals surface area contributed by atoms with E-state index in [1.165, 1.54) is 0 Å². The van der Waals surface area contributed by atoms with E-state index < -0.39 is 15.3 Å². The van der Waals surface area contributed by atoms with Gasteiger partial charge < -0.3 is 0 Å². The summed E-state index contributed by atoms with van der Waals surface area (Å²) in [6.07, 6.45) is 1.18. The van der Waals surface area contributed by atoms with Gasteiger partial charge in [-0.3, -0.25) is 4.72 Å². The molecule has 0 saturated carbocycles. The quantitative estimate of drug-likeness (QED) is 0.874. The molecular formula is C12H16N2O2S. The molecule has 0 amide bonds. The van der Waals surface area contributed by atoms with E-state index in [9.17, 15) is 8.42 Å². The SMILES string of the molecule is CCc1ccc(NS(=O)(=O)C(C#N)CC)cc1. The molecule has 0 aliphatic heterocycles. The van der Waals surface area contributed by atoms with Gasteiger partial charge in [-0.15, -0.1) is 0 Å². The minimum Gasteiger partial charge on any atom is -0.282 e. The molecule has 1 rings (SSSR count). The van der Waals surface area contributed by atoms with Crippen LogP contribution in [-0.2, 0) is 16.4 Å². The Morgan fingerprint density at radius 3 is 2.29 bits per heavy atom. The van der Waals surface area contributed by atoms with Crippen molar-refractivity contribution in [1.29, 1.82) is 5.26 Å². The number of hydrogen-bond donors (Lipinski definition) is 1. The number of nitrogens with zero attached hydrogens (tertiary/aromatic N) is 1. The molecule has 5 heteroatoms. The first-order chi connectivity index (χ1) is 8.03. The number of aryl methyl sites for hydroxylation is 1. The lowest BCUT2D eigenvalue weighted by molar-refractivity contribution is 0.593. The number of benzene rings is 1. The summed E-state index contributed by atoms with van der Waals surface area (Å²) < 4.78 is 26.0. The molecule has 1 aromatic rings. The standard InChI is InChI=1S/C12H16N2O2S/c1-3-10-5-7-11(8-6-10)14-17(15,16)12(4-2)9-13/h5-8,12,14H,3-4H2,1-2H3. The monoisotopic (exact) mass is 252 g/mol. The van der Waals surface area contributed by atoms with Crippen molar-refractivity contribution in [2.24, 2.45) is 0 Å². The van der Waals surface area contributed by atoms with Crippen LogP contribution in [0.15, 0.2) is 24.3 Å². The van der Waals surface area contributed by atoms with Gasteiger partial charge in [0.15, 0.2) is 5.25 Å². The third-order valence-electron chi connectivity index (χ3n) is 2.51. The van der Waals surface area contributed by atoms with E-state index in [4.69, 9.17) is 5.26 Å². The van der Waals surface area contributed by atoms with Crippen molar-refractivity contribution in [3.05, 3.63) is 29.8 Å². The minimum absolute atomic E-state index is 0.277. The molecule has 0 aliphatic rings. The van der Waals surface area contributed by atoms with E-state index in [1.807, 2.05) is 19.1 Å². The summed E-state index contributed by atoms with van der Waals surface area (Å²) in [5.41, 5.74) is 1.64. The molecule has 0 heterocycles. The summed E-state index contributed by atoms with van der Waals surface area (Å²) in [4.78, 5) is 0. The van der Waals surface area contributed by atoms with Crippen LogP contribution in [0, 0.1) is 11.3 Å². The summed E-state index contributed by atoms with van der Waals surface area (Å²) in [5, 5.41) is 7.75. The zero-order valence-corrected chi connectivity index (χ0v) is 10.8. The van der Waals surface area contributed by atoms with Gasteiger partial charge >= 0.3 is 0 Å². The zero-order valence-electron chi connectivity index (χ0n) is 9.97. The molecule has 1 atom stereocenters. The number of nitriles is 1. The molecule has 0 fully saturated rings. The van der Waals surface area contributed by atoms with Gasteiger partial charge in [-0.05, 0) is 30.5 Å². The molecule has 1 aromatic carbocycles. The topological polar surface area (TPSA) is 70.0 Å². The fourth-order valence-corrected chi connectivity index (χ4v) is 2.61. The van der Waals surface area contributed by atoms with Crippen molar-refractivity contribution in [3.63, 3.8) is 0 Å². The first-order valence-corrected chi connectivity index (χ1v) is 7.08. The van der Waals surface area contributed by atoms with Crippen LogP contribution < -0.4 is 4.72 Å². The van der Waals surface area contributed by atoms with Crippen molar-refractivity contribution in [1.82, 2.24) is 0 Å². The molecule has 0 spiro atoms. The van der Waals surface area contributed by atoms with Crippen LogP contribution in [0.3, 0.4) is 0 Å². The van der Waals surface area contributed by atoms with E-state index in [1.54, 1.807) is 25.1 Å². The molecule has 17 heavy (non-hydrogen) atoms. The molecule has 1 N–H and O–H groups in total. The van der Waals surface area contributed by atoms with E-state index in [-0.39, 0.29) is 6.42 Å². The molecule has 4 nitrogen and oxygen atoms in total. The predicted molar refractivity (Wildman–Crippen MR) is 68.1 cm³/mol. The molecule has 0 saturated heterocycles. The predicted octanol–water partition coefficient (Wildman–Crippen LogP) is 2.29. The van der Waals surface area contributed by atoms with E-state index in [0.29, 0.717) is 5.69 Å². The van der Waals surface area contributed by atoms with Crippen molar-refractivity contribution >= 4 is 15.7 Å². The van der Waals surface area contributed by atoms with Gasteiger partial charge in [0, 0.05) is 5.69 Å². The Morgan fingerprint density at radius 1 is 1.29 bits per heavy atom. The maximum atomic E-state index is 11.8. The second kappa shape index (κ2) is 5.69. The van der Waals surface area contributed by atoms with Gasteiger partial charge in [0.1, 0.15) is 0 Å². The summed E-state index contributed by atoms with van der Waals surface area (Å²) in [6, 6.07) is 8.93. The normalized spacial score (nSPS) is 12.8. The lowest BCUT2D eigenvalue weighted by Crippen LogP contribution is -2.25. The minimum atomic E-state index is -3.61. The Hall–Kier alpha value is -1.54. The molecule has 92 valence electrons. The first kappa shape index (κ1) is 13.5. The average molecular weight is 252 g/mol. The third-order valence-corrected chi connectivity index (χ3v) is 4.22. The molecular weight excluding hydrogens is 236 g/mol. The zero-order chi connectivity index (χ0) is 12.9. The highest BCUT2D eigenvalue weighted by atomic mass is 32.2. The summed E-state index contributed by atoms with van der Waals surface area (Å²) in [5.74, 6) is 0. The second-order valence-corrected chi connectivity index (χ2v) is 5.59. The van der Waals surface area contributed by atoms with Gasteiger partial charge in [0.2, 0.25) is 10.0 Å². The van der Waals surface area contributed by atoms with Gasteiger partial charge in [-0.1, -0.05) is 26.0 Å². The van der Waals surface area contributed by atoms with Gasteiger partial charge in [0.05, 0.1) is 6.07 Å². The van der Waals surface area contributed by atoms with Crippen LogP contribution in [0.2, 0.25) is 0 Å². The number of sulfonamides is 1. The number of anilines is 1. The summed E-state index contributed by atoms with van der Waals surface area (Å²) in [6.45, 7) is 3.70. The van der Waals surface area contributed by atoms with Crippen molar-refractivity contribution in [2.75, 3.05) is 4.72 Å². The summed E-state index contributed by atoms with van der Waals surface area (Å²) in [7, 11) is -3.61. The van der Waals surface area contributed by atoms with Crippen molar-refractivity contribution < 1.29 is 8.42 Å². The molecule has 0 radical (unpaired) electrons. The molecule has 0 bridgehead atoms. The van der Waals surface area contributed by atoms with Crippen LogP contribution in [0.25, 0.3) is 0 Å². The highest BCUT2D eigenvalue weighted by molar-refractivity contribution is 7.93. The van der Waals surface area contributed by atoms with Crippen LogP contribution in [0.1, 0.15) is 25.8 Å². The van der Waals surface area contributed by atoms with E-state index >= 15 is 0 Å². The fourth-order valence-electron chi connectivity index (χ4n) is 1.42. The number of nitrogens with one attached hydrogen (secondary N) is 1. The van der Waals surface area contributed by atoms with E-state index in [0.717, 1.165) is 12.0 Å². The highest BCUT2D eigenvalue weighted by Gasteiger charge is 2.22. The largest absolute Gasteiger partial charge is 0.282 e. The van der Waals surface area contributed by atoms with Gasteiger partial charge in [-0.2, -0.15) is 5.26 Å². The maximum Gasteiger partial charge on any atom is 0.249 e. The Kier molecular flexibility index (Phi) is 4.53. The van der Waals surface area contributed by atoms with E-state index in [2.05, 4.69) is 4.72 Å². The Bertz CT molecular complexity index is 500. The number of hydrogen-bond acceptors (Lipinski definition) is 3. The van der Waals surface area contributed by atoms with Crippen molar-refractivity contribution in [2.45, 2.75) is 31.9 Å². The Labute approximate surface area is 102 Å². The fraction of sp³-hybridized carbons (Fsp3) is 0.417. The van der Waals surface area contributed by atoms with Crippen LogP contribution in [0.5, 0.6) is 0 Å². The van der Waals surface area contributed by atoms with Gasteiger partial charge in [0.25, 0.3) is 0 Å². The lowest BCUT2D eigenvalue weighted by Gasteiger charge is -2.11. The van der Waals surface area contributed by atoms with Crippen molar-refractivity contribution in [3.8, 4) is 6.07 Å². The Balaban J connectivity index is 2.87. The molecule has 0 aromatic heterocycles. The van der Waals surface area contributed by atoms with Crippen LogP contribution >= 0.6 is 0 Å². The van der Waals surface area contributed by atoms with Crippen LogP contribution in [-0.4, -0.2) is 13.7 Å². The second-order valence-electron chi connectivity index (χ2n) is 3.72. The third kappa shape index (κ3) is 3.46. The Morgan fingerprint density at radius 2 is 1.88 bits per heavy atom. The molecule has 1 unspecified atom stereocenters. The molecule has 0 aliphatic carbocycles. The smallest absolute Gasteiger partial charge is 0.249 e. The van der Waals surface area contributed by atoms with Gasteiger partial charge in [-0.25, -0.2) is 8.42 Å². The maximum absolute atomic E-state index is 11.8. The first-order valence-electron chi connectivity index (χ1n) is 5.53.